The summed E-state index contributed by atoms with van der Waals surface area (Å²) in [7, 11) is 0. The maximum atomic E-state index is 12.0. The summed E-state index contributed by atoms with van der Waals surface area (Å²) in [6.07, 6.45) is 1.73. The number of carboxylic acid groups (broad SMARTS) is 1. The molecule has 5 heteroatoms. The van der Waals surface area contributed by atoms with Crippen molar-refractivity contribution in [3.8, 4) is 0 Å². The molecule has 2 N–H and O–H groups in total. The summed E-state index contributed by atoms with van der Waals surface area (Å²) in [4.78, 5) is 24.6. The van der Waals surface area contributed by atoms with Crippen LogP contribution in [0.5, 0.6) is 0 Å². The number of nitrogens with one attached hydrogen (secondary N) is 1. The van der Waals surface area contributed by atoms with Gasteiger partial charge in [-0.05, 0) is 24.2 Å². The molecule has 1 heterocycles. The van der Waals surface area contributed by atoms with Gasteiger partial charge in [0.05, 0.1) is 0 Å². The quantitative estimate of drug-likeness (QED) is 0.764. The Hall–Kier alpha value is -1.26. The van der Waals surface area contributed by atoms with Crippen LogP contribution in [0.2, 0.25) is 0 Å². The molecule has 0 aromatic heterocycles. The van der Waals surface area contributed by atoms with Gasteiger partial charge in [0, 0.05) is 12.6 Å². The van der Waals surface area contributed by atoms with Crippen molar-refractivity contribution < 1.29 is 14.7 Å². The number of hydrogen-bond acceptors (Lipinski definition) is 2. The van der Waals surface area contributed by atoms with Gasteiger partial charge in [-0.1, -0.05) is 20.8 Å². The van der Waals surface area contributed by atoms with Crippen LogP contribution >= 0.6 is 0 Å². The van der Waals surface area contributed by atoms with E-state index >= 15 is 0 Å². The van der Waals surface area contributed by atoms with Crippen molar-refractivity contribution in [1.82, 2.24) is 10.2 Å². The summed E-state index contributed by atoms with van der Waals surface area (Å²) in [6.45, 7) is 6.61. The Morgan fingerprint density at radius 3 is 2.47 bits per heavy atom. The average Bonchev–Trinajstić information content (AvgIpc) is 2.64. The second kappa shape index (κ2) is 3.89. The molecule has 3 unspecified atom stereocenters. The lowest BCUT2D eigenvalue weighted by molar-refractivity contribution is -0.142. The van der Waals surface area contributed by atoms with E-state index in [1.165, 1.54) is 4.90 Å². The third-order valence-corrected chi connectivity index (χ3v) is 4.03. The van der Waals surface area contributed by atoms with Gasteiger partial charge in [0.2, 0.25) is 0 Å². The number of amides is 2. The Kier molecular flexibility index (Phi) is 2.79. The van der Waals surface area contributed by atoms with Gasteiger partial charge in [0.15, 0.2) is 0 Å². The minimum absolute atomic E-state index is 0.0328. The SMILES string of the molecule is CC1CCN(C(=O)NC2CC2(C)C)C1C(=O)O. The monoisotopic (exact) mass is 240 g/mol. The van der Waals surface area contributed by atoms with Gasteiger partial charge in [-0.3, -0.25) is 0 Å². The Labute approximate surface area is 101 Å². The third-order valence-electron chi connectivity index (χ3n) is 4.03. The molecule has 0 spiro atoms. The molecule has 3 atom stereocenters. The minimum atomic E-state index is -0.903. The van der Waals surface area contributed by atoms with E-state index in [1.807, 2.05) is 6.92 Å². The van der Waals surface area contributed by atoms with Gasteiger partial charge >= 0.3 is 12.0 Å². The first kappa shape index (κ1) is 12.2. The standard InChI is InChI=1S/C12H20N2O3/c1-7-4-5-14(9(7)10(15)16)11(17)13-8-6-12(8,2)3/h7-9H,4-6H2,1-3H3,(H,13,17)(H,15,16). The van der Waals surface area contributed by atoms with Crippen molar-refractivity contribution in [2.75, 3.05) is 6.54 Å². The first-order valence-electron chi connectivity index (χ1n) is 6.13. The molecule has 96 valence electrons. The number of likely N-dealkylation sites (tertiary alicyclic amines) is 1. The van der Waals surface area contributed by atoms with Crippen LogP contribution in [0.4, 0.5) is 4.79 Å². The fourth-order valence-electron chi connectivity index (χ4n) is 2.50. The lowest BCUT2D eigenvalue weighted by atomic mass is 10.0. The second-order valence-electron chi connectivity index (χ2n) is 5.94. The van der Waals surface area contributed by atoms with Crippen LogP contribution in [0.1, 0.15) is 33.6 Å². The maximum absolute atomic E-state index is 12.0. The summed E-state index contributed by atoms with van der Waals surface area (Å²) < 4.78 is 0. The molecule has 17 heavy (non-hydrogen) atoms. The van der Waals surface area contributed by atoms with Gasteiger partial charge < -0.3 is 15.3 Å². The number of aliphatic carboxylic acids is 1. The number of carboxylic acids is 1. The smallest absolute Gasteiger partial charge is 0.326 e. The normalized spacial score (nSPS) is 34.5. The van der Waals surface area contributed by atoms with Crippen molar-refractivity contribution in [3.63, 3.8) is 0 Å². The number of urea groups is 1. The summed E-state index contributed by atoms with van der Waals surface area (Å²) in [5.74, 6) is -0.870. The topological polar surface area (TPSA) is 69.6 Å². The van der Waals surface area contributed by atoms with E-state index in [1.54, 1.807) is 0 Å². The molecule has 2 rings (SSSR count). The highest BCUT2D eigenvalue weighted by Gasteiger charge is 2.48. The predicted molar refractivity (Wildman–Crippen MR) is 62.6 cm³/mol. The number of rotatable bonds is 2. The zero-order valence-electron chi connectivity index (χ0n) is 10.6. The molecule has 0 bridgehead atoms. The molecule has 2 aliphatic rings. The van der Waals surface area contributed by atoms with Crippen LogP contribution in [0.25, 0.3) is 0 Å². The summed E-state index contributed by atoms with van der Waals surface area (Å²) >= 11 is 0. The van der Waals surface area contributed by atoms with Gasteiger partial charge in [-0.2, -0.15) is 0 Å². The predicted octanol–water partition coefficient (Wildman–Crippen LogP) is 1.29. The molecule has 0 aromatic rings. The largest absolute Gasteiger partial charge is 0.480 e. The van der Waals surface area contributed by atoms with Crippen molar-refractivity contribution in [2.24, 2.45) is 11.3 Å². The highest BCUT2D eigenvalue weighted by molar-refractivity contribution is 5.84. The number of carbonyl (C=O) groups excluding carboxylic acids is 1. The van der Waals surface area contributed by atoms with Crippen molar-refractivity contribution in [3.05, 3.63) is 0 Å². The number of nitrogens with zero attached hydrogens (tertiary/aromatic N) is 1. The Morgan fingerprint density at radius 1 is 1.41 bits per heavy atom. The molecule has 0 radical (unpaired) electrons. The summed E-state index contributed by atoms with van der Waals surface area (Å²) in [6, 6.07) is -0.700. The lowest BCUT2D eigenvalue weighted by Crippen LogP contribution is -2.48. The number of carbonyl (C=O) groups is 2. The summed E-state index contributed by atoms with van der Waals surface area (Å²) in [5, 5.41) is 12.0. The van der Waals surface area contributed by atoms with Crippen molar-refractivity contribution >= 4 is 12.0 Å². The zero-order valence-corrected chi connectivity index (χ0v) is 10.6. The molecular weight excluding hydrogens is 220 g/mol. The van der Waals surface area contributed by atoms with Gasteiger partial charge in [0.1, 0.15) is 6.04 Å². The Bertz CT molecular complexity index is 354. The molecule has 1 aliphatic carbocycles. The average molecular weight is 240 g/mol. The van der Waals surface area contributed by atoms with Crippen LogP contribution in [0.15, 0.2) is 0 Å². The van der Waals surface area contributed by atoms with Crippen LogP contribution in [-0.4, -0.2) is 40.6 Å². The Morgan fingerprint density at radius 2 is 2.00 bits per heavy atom. The fraction of sp³-hybridized carbons (Fsp3) is 0.833. The molecule has 0 aromatic carbocycles. The van der Waals surface area contributed by atoms with E-state index < -0.39 is 12.0 Å². The van der Waals surface area contributed by atoms with E-state index in [9.17, 15) is 9.59 Å². The molecule has 2 fully saturated rings. The fourth-order valence-corrected chi connectivity index (χ4v) is 2.50. The van der Waals surface area contributed by atoms with E-state index in [4.69, 9.17) is 5.11 Å². The molecular formula is C12H20N2O3. The van der Waals surface area contributed by atoms with E-state index in [-0.39, 0.29) is 23.4 Å². The molecule has 5 nitrogen and oxygen atoms in total. The Balaban J connectivity index is 1.97. The maximum Gasteiger partial charge on any atom is 0.326 e. The third kappa shape index (κ3) is 2.23. The molecule has 1 saturated heterocycles. The van der Waals surface area contributed by atoms with Crippen LogP contribution in [-0.2, 0) is 4.79 Å². The highest BCUT2D eigenvalue weighted by Crippen LogP contribution is 2.44. The number of hydrogen-bond donors (Lipinski definition) is 2. The first-order chi connectivity index (χ1) is 7.83. The highest BCUT2D eigenvalue weighted by atomic mass is 16.4. The minimum Gasteiger partial charge on any atom is -0.480 e. The summed E-state index contributed by atoms with van der Waals surface area (Å²) in [5.41, 5.74) is 0.166. The van der Waals surface area contributed by atoms with Crippen molar-refractivity contribution in [2.45, 2.75) is 45.7 Å². The first-order valence-corrected chi connectivity index (χ1v) is 6.13. The van der Waals surface area contributed by atoms with Crippen LogP contribution < -0.4 is 5.32 Å². The van der Waals surface area contributed by atoms with E-state index in [0.29, 0.717) is 6.54 Å². The molecule has 2 amide bonds. The van der Waals surface area contributed by atoms with Crippen molar-refractivity contribution in [1.29, 1.82) is 0 Å². The van der Waals surface area contributed by atoms with Crippen LogP contribution in [0.3, 0.4) is 0 Å². The lowest BCUT2D eigenvalue weighted by Gasteiger charge is -2.24. The zero-order chi connectivity index (χ0) is 12.8. The van der Waals surface area contributed by atoms with E-state index in [0.717, 1.165) is 12.8 Å². The second-order valence-corrected chi connectivity index (χ2v) is 5.94. The van der Waals surface area contributed by atoms with Gasteiger partial charge in [-0.25, -0.2) is 9.59 Å². The van der Waals surface area contributed by atoms with Gasteiger partial charge in [0.25, 0.3) is 0 Å². The molecule has 1 saturated carbocycles. The van der Waals surface area contributed by atoms with E-state index in [2.05, 4.69) is 19.2 Å². The van der Waals surface area contributed by atoms with Crippen LogP contribution in [0, 0.1) is 11.3 Å². The molecule has 1 aliphatic heterocycles. The van der Waals surface area contributed by atoms with Gasteiger partial charge in [-0.15, -0.1) is 0 Å².